The van der Waals surface area contributed by atoms with Gasteiger partial charge in [0, 0.05) is 31.9 Å². The lowest BCUT2D eigenvalue weighted by molar-refractivity contribution is 0.464. The van der Waals surface area contributed by atoms with Crippen molar-refractivity contribution in [2.45, 2.75) is 33.9 Å². The number of aromatic nitrogens is 4. The minimum Gasteiger partial charge on any atom is -0.378 e. The summed E-state index contributed by atoms with van der Waals surface area (Å²) in [6, 6.07) is 0. The smallest absolute Gasteiger partial charge is 0.216 e. The van der Waals surface area contributed by atoms with Crippen molar-refractivity contribution in [2.24, 2.45) is 7.05 Å². The number of hydrogen-bond donors (Lipinski definition) is 1. The maximum atomic E-state index is 13.9. The molecule has 0 amide bonds. The third kappa shape index (κ3) is 3.07. The quantitative estimate of drug-likeness (QED) is 0.939. The first-order valence-electron chi connectivity index (χ1n) is 5.98. The highest BCUT2D eigenvalue weighted by Crippen LogP contribution is 2.17. The van der Waals surface area contributed by atoms with Crippen molar-refractivity contribution >= 4 is 18.1 Å². The highest BCUT2D eigenvalue weighted by atomic mass is 35.5. The zero-order valence-corrected chi connectivity index (χ0v) is 12.4. The summed E-state index contributed by atoms with van der Waals surface area (Å²) >= 11 is 0. The molecule has 0 radical (unpaired) electrons. The second kappa shape index (κ2) is 6.06. The van der Waals surface area contributed by atoms with Crippen LogP contribution in [0.3, 0.4) is 0 Å². The summed E-state index contributed by atoms with van der Waals surface area (Å²) in [5.74, 6) is -0.260. The molecule has 0 atom stereocenters. The van der Waals surface area contributed by atoms with Gasteiger partial charge in [-0.1, -0.05) is 0 Å². The minimum absolute atomic E-state index is 0. The van der Waals surface area contributed by atoms with Gasteiger partial charge in [0.05, 0.1) is 17.1 Å². The van der Waals surface area contributed by atoms with E-state index in [9.17, 15) is 4.39 Å². The molecule has 2 aromatic heterocycles. The maximum Gasteiger partial charge on any atom is 0.216 e. The largest absolute Gasteiger partial charge is 0.378 e. The Morgan fingerprint density at radius 2 is 1.95 bits per heavy atom. The third-order valence-corrected chi connectivity index (χ3v) is 2.95. The van der Waals surface area contributed by atoms with E-state index in [-0.39, 0.29) is 18.4 Å². The Labute approximate surface area is 118 Å². The van der Waals surface area contributed by atoms with Gasteiger partial charge in [0.2, 0.25) is 5.95 Å². The average molecular weight is 288 g/mol. The molecule has 0 bridgehead atoms. The maximum absolute atomic E-state index is 13.9. The van der Waals surface area contributed by atoms with E-state index in [4.69, 9.17) is 0 Å². The van der Waals surface area contributed by atoms with Gasteiger partial charge in [0.25, 0.3) is 0 Å². The lowest BCUT2D eigenvalue weighted by atomic mass is 10.2. The molecule has 0 unspecified atom stereocenters. The number of halogens is 2. The number of aryl methyl sites for hydroxylation is 4. The van der Waals surface area contributed by atoms with Crippen LogP contribution in [0.1, 0.15) is 23.9 Å². The minimum atomic E-state index is -0.260. The van der Waals surface area contributed by atoms with Gasteiger partial charge in [-0.15, -0.1) is 12.4 Å². The van der Waals surface area contributed by atoms with Crippen molar-refractivity contribution in [1.82, 2.24) is 19.6 Å². The van der Waals surface area contributed by atoms with Crippen LogP contribution in [0.15, 0.2) is 6.20 Å². The summed E-state index contributed by atoms with van der Waals surface area (Å²) in [7, 11) is 1.86. The average Bonchev–Trinajstić information content (AvgIpc) is 2.77. The molecule has 0 spiro atoms. The van der Waals surface area contributed by atoms with Crippen LogP contribution in [-0.4, -0.2) is 19.6 Å². The number of nitrogens with one attached hydrogen (secondary N) is 1. The van der Waals surface area contributed by atoms with Gasteiger partial charge in [-0.05, 0) is 20.8 Å². The zero-order chi connectivity index (χ0) is 13.3. The van der Waals surface area contributed by atoms with Crippen LogP contribution in [0.5, 0.6) is 0 Å². The SMILES string of the molecule is CCn1nc(C)c(CNc2cn(C)nc2C)c1F.Cl. The van der Waals surface area contributed by atoms with Crippen LogP contribution in [0, 0.1) is 19.8 Å². The van der Waals surface area contributed by atoms with Crippen LogP contribution in [-0.2, 0) is 20.1 Å². The summed E-state index contributed by atoms with van der Waals surface area (Å²) < 4.78 is 17.1. The molecule has 0 fully saturated rings. The summed E-state index contributed by atoms with van der Waals surface area (Å²) in [4.78, 5) is 0. The van der Waals surface area contributed by atoms with E-state index in [0.29, 0.717) is 18.7 Å². The lowest BCUT2D eigenvalue weighted by Gasteiger charge is -2.04. The Morgan fingerprint density at radius 1 is 1.26 bits per heavy atom. The molecule has 19 heavy (non-hydrogen) atoms. The van der Waals surface area contributed by atoms with Crippen molar-refractivity contribution < 1.29 is 4.39 Å². The standard InChI is InChI=1S/C12H18FN5.ClH/c1-5-18-12(13)10(8(2)16-18)6-14-11-7-17(4)15-9(11)3;/h7,14H,5-6H2,1-4H3;1H. The van der Waals surface area contributed by atoms with Crippen LogP contribution in [0.2, 0.25) is 0 Å². The van der Waals surface area contributed by atoms with E-state index < -0.39 is 0 Å². The lowest BCUT2D eigenvalue weighted by Crippen LogP contribution is -2.04. The third-order valence-electron chi connectivity index (χ3n) is 2.95. The Bertz CT molecular complexity index is 561. The molecular weight excluding hydrogens is 269 g/mol. The van der Waals surface area contributed by atoms with Crippen molar-refractivity contribution in [3.8, 4) is 0 Å². The molecule has 2 aromatic rings. The van der Waals surface area contributed by atoms with Crippen molar-refractivity contribution in [3.63, 3.8) is 0 Å². The van der Waals surface area contributed by atoms with Crippen LogP contribution >= 0.6 is 12.4 Å². The van der Waals surface area contributed by atoms with E-state index >= 15 is 0 Å². The Kier molecular flexibility index (Phi) is 4.94. The predicted molar refractivity (Wildman–Crippen MR) is 75.1 cm³/mol. The fourth-order valence-corrected chi connectivity index (χ4v) is 1.96. The molecule has 5 nitrogen and oxygen atoms in total. The molecule has 106 valence electrons. The fraction of sp³-hybridized carbons (Fsp3) is 0.500. The van der Waals surface area contributed by atoms with E-state index in [0.717, 1.165) is 17.1 Å². The highest BCUT2D eigenvalue weighted by molar-refractivity contribution is 5.85. The molecule has 2 rings (SSSR count). The summed E-state index contributed by atoms with van der Waals surface area (Å²) in [6.45, 7) is 6.57. The van der Waals surface area contributed by atoms with Gasteiger partial charge < -0.3 is 5.32 Å². The van der Waals surface area contributed by atoms with Crippen LogP contribution in [0.25, 0.3) is 0 Å². The van der Waals surface area contributed by atoms with E-state index in [1.807, 2.05) is 34.0 Å². The molecule has 0 aliphatic heterocycles. The second-order valence-electron chi connectivity index (χ2n) is 4.33. The molecular formula is C12H19ClFN5. The van der Waals surface area contributed by atoms with E-state index in [1.54, 1.807) is 4.68 Å². The monoisotopic (exact) mass is 287 g/mol. The molecule has 0 aromatic carbocycles. The Morgan fingerprint density at radius 3 is 2.42 bits per heavy atom. The molecule has 1 N–H and O–H groups in total. The van der Waals surface area contributed by atoms with Crippen molar-refractivity contribution in [3.05, 3.63) is 29.1 Å². The number of rotatable bonds is 4. The Balaban J connectivity index is 0.00000180. The van der Waals surface area contributed by atoms with Gasteiger partial charge in [-0.25, -0.2) is 4.68 Å². The molecule has 0 aliphatic carbocycles. The van der Waals surface area contributed by atoms with Gasteiger partial charge >= 0.3 is 0 Å². The predicted octanol–water partition coefficient (Wildman–Crippen LogP) is 2.43. The number of anilines is 1. The van der Waals surface area contributed by atoms with Gasteiger partial charge in [-0.3, -0.25) is 4.68 Å². The summed E-state index contributed by atoms with van der Waals surface area (Å²) in [5.41, 5.74) is 3.16. The van der Waals surface area contributed by atoms with Gasteiger partial charge in [0.15, 0.2) is 0 Å². The fourth-order valence-electron chi connectivity index (χ4n) is 1.96. The zero-order valence-electron chi connectivity index (χ0n) is 11.6. The topological polar surface area (TPSA) is 47.7 Å². The first kappa shape index (κ1) is 15.5. The summed E-state index contributed by atoms with van der Waals surface area (Å²) in [5, 5.41) is 11.6. The highest BCUT2D eigenvalue weighted by Gasteiger charge is 2.14. The van der Waals surface area contributed by atoms with E-state index in [2.05, 4.69) is 15.5 Å². The number of nitrogens with zero attached hydrogens (tertiary/aromatic N) is 4. The van der Waals surface area contributed by atoms with Crippen LogP contribution < -0.4 is 5.32 Å². The molecule has 0 saturated heterocycles. The van der Waals surface area contributed by atoms with Crippen molar-refractivity contribution in [2.75, 3.05) is 5.32 Å². The molecule has 2 heterocycles. The molecule has 0 aliphatic rings. The number of hydrogen-bond acceptors (Lipinski definition) is 3. The first-order chi connectivity index (χ1) is 8.52. The van der Waals surface area contributed by atoms with Crippen LogP contribution in [0.4, 0.5) is 10.1 Å². The molecule has 7 heteroatoms. The Hall–Kier alpha value is -1.56. The second-order valence-corrected chi connectivity index (χ2v) is 4.33. The van der Waals surface area contributed by atoms with E-state index in [1.165, 1.54) is 4.68 Å². The normalized spacial score (nSPS) is 10.4. The molecule has 0 saturated carbocycles. The van der Waals surface area contributed by atoms with Crippen molar-refractivity contribution in [1.29, 1.82) is 0 Å². The van der Waals surface area contributed by atoms with Gasteiger partial charge in [-0.2, -0.15) is 14.6 Å². The first-order valence-corrected chi connectivity index (χ1v) is 5.98. The summed E-state index contributed by atoms with van der Waals surface area (Å²) in [6.07, 6.45) is 1.88. The van der Waals surface area contributed by atoms with Gasteiger partial charge in [0.1, 0.15) is 0 Å².